The lowest BCUT2D eigenvalue weighted by molar-refractivity contribution is 0.126. The maximum Gasteiger partial charge on any atom is 0.188 e. The van der Waals surface area contributed by atoms with Crippen LogP contribution in [0.25, 0.3) is 4.85 Å². The fourth-order valence-corrected chi connectivity index (χ4v) is 6.48. The number of fused-ring (bicyclic) bond motifs is 2. The monoisotopic (exact) mass is 432 g/mol. The third-order valence-corrected chi connectivity index (χ3v) is 8.17. The van der Waals surface area contributed by atoms with E-state index in [1.165, 1.54) is 92.4 Å². The first kappa shape index (κ1) is 20.9. The summed E-state index contributed by atoms with van der Waals surface area (Å²) in [4.78, 5) is 14.0. The molecule has 0 saturated carbocycles. The van der Waals surface area contributed by atoms with E-state index < -0.39 is 0 Å². The summed E-state index contributed by atoms with van der Waals surface area (Å²) in [6.45, 7) is 14.8. The quantitative estimate of drug-likeness (QED) is 0.399. The van der Waals surface area contributed by atoms with Crippen molar-refractivity contribution in [3.63, 3.8) is 0 Å². The number of hydrogen-bond donors (Lipinski definition) is 0. The van der Waals surface area contributed by atoms with Crippen molar-refractivity contribution in [1.82, 2.24) is 9.80 Å². The van der Waals surface area contributed by atoms with Crippen LogP contribution in [-0.4, -0.2) is 55.1 Å². The maximum absolute atomic E-state index is 7.35. The van der Waals surface area contributed by atoms with Crippen LogP contribution in [0.2, 0.25) is 0 Å². The van der Waals surface area contributed by atoms with Gasteiger partial charge in [0.2, 0.25) is 0 Å². The molecule has 5 heteroatoms. The fraction of sp³-hybridized carbons (Fsp3) is 0.500. The highest BCUT2D eigenvalue weighted by atomic mass is 32.2. The van der Waals surface area contributed by atoms with Gasteiger partial charge in [0.25, 0.3) is 0 Å². The van der Waals surface area contributed by atoms with E-state index in [0.29, 0.717) is 0 Å². The molecule has 2 saturated heterocycles. The van der Waals surface area contributed by atoms with Gasteiger partial charge < -0.3 is 14.7 Å². The van der Waals surface area contributed by atoms with Gasteiger partial charge in [-0.05, 0) is 95.5 Å². The highest BCUT2D eigenvalue weighted by molar-refractivity contribution is 7.99. The van der Waals surface area contributed by atoms with Crippen LogP contribution in [0.4, 0.5) is 17.1 Å². The van der Waals surface area contributed by atoms with Gasteiger partial charge in [0.15, 0.2) is 5.69 Å². The second kappa shape index (κ2) is 9.65. The summed E-state index contributed by atoms with van der Waals surface area (Å²) in [6, 6.07) is 15.7. The Labute approximate surface area is 191 Å². The standard InChI is InChI=1S/C26H32N4S/c1-27-21-10-11-24-26(20-21)31-25-9-3-2-8-23(25)30(24)17-7-4-14-28-18-12-22(13-19-28)29-15-5-6-16-29/h2-3,8-11,20,22H,4-7,12-19H2. The van der Waals surface area contributed by atoms with Crippen LogP contribution in [0.3, 0.4) is 0 Å². The van der Waals surface area contributed by atoms with Crippen molar-refractivity contribution in [2.75, 3.05) is 44.2 Å². The number of para-hydroxylation sites is 1. The molecule has 162 valence electrons. The Balaban J connectivity index is 1.16. The number of anilines is 2. The molecule has 3 aliphatic heterocycles. The fourth-order valence-electron chi connectivity index (χ4n) is 5.35. The largest absolute Gasteiger partial charge is 0.340 e. The molecule has 0 atom stereocenters. The number of nitrogens with zero attached hydrogens (tertiary/aromatic N) is 4. The van der Waals surface area contributed by atoms with Crippen molar-refractivity contribution in [3.8, 4) is 0 Å². The second-order valence-corrected chi connectivity index (χ2v) is 10.1. The van der Waals surface area contributed by atoms with Gasteiger partial charge in [0, 0.05) is 22.4 Å². The first-order chi connectivity index (χ1) is 15.3. The molecule has 0 amide bonds. The van der Waals surface area contributed by atoms with Crippen LogP contribution in [-0.2, 0) is 0 Å². The van der Waals surface area contributed by atoms with Crippen LogP contribution in [0, 0.1) is 6.57 Å². The predicted molar refractivity (Wildman–Crippen MR) is 130 cm³/mol. The first-order valence-corrected chi connectivity index (χ1v) is 12.7. The van der Waals surface area contributed by atoms with Crippen LogP contribution in [0.1, 0.15) is 38.5 Å². The normalized spacial score (nSPS) is 19.8. The molecule has 0 aliphatic carbocycles. The summed E-state index contributed by atoms with van der Waals surface area (Å²) < 4.78 is 0. The van der Waals surface area contributed by atoms with Crippen molar-refractivity contribution < 1.29 is 0 Å². The lowest BCUT2D eigenvalue weighted by Gasteiger charge is -2.37. The summed E-state index contributed by atoms with van der Waals surface area (Å²) in [5.41, 5.74) is 3.28. The Morgan fingerprint density at radius 2 is 1.61 bits per heavy atom. The topological polar surface area (TPSA) is 14.1 Å². The molecule has 2 aromatic carbocycles. The van der Waals surface area contributed by atoms with Gasteiger partial charge in [-0.3, -0.25) is 0 Å². The Morgan fingerprint density at radius 3 is 2.42 bits per heavy atom. The van der Waals surface area contributed by atoms with Gasteiger partial charge in [-0.1, -0.05) is 30.0 Å². The van der Waals surface area contributed by atoms with Crippen molar-refractivity contribution in [3.05, 3.63) is 53.9 Å². The smallest absolute Gasteiger partial charge is 0.188 e. The summed E-state index contributed by atoms with van der Waals surface area (Å²) in [5.74, 6) is 0. The second-order valence-electron chi connectivity index (χ2n) is 9.01. The zero-order valence-electron chi connectivity index (χ0n) is 18.3. The predicted octanol–water partition coefficient (Wildman–Crippen LogP) is 6.18. The van der Waals surface area contributed by atoms with E-state index >= 15 is 0 Å². The minimum Gasteiger partial charge on any atom is -0.340 e. The SMILES string of the molecule is [C-]#[N+]c1ccc2c(c1)Sc1ccccc1N2CCCCN1CCC(N2CCCC2)CC1. The number of likely N-dealkylation sites (tertiary alicyclic amines) is 2. The van der Waals surface area contributed by atoms with E-state index in [0.717, 1.165) is 18.3 Å². The van der Waals surface area contributed by atoms with Crippen molar-refractivity contribution >= 4 is 28.8 Å². The summed E-state index contributed by atoms with van der Waals surface area (Å²) in [6.07, 6.45) is 7.95. The van der Waals surface area contributed by atoms with Crippen LogP contribution >= 0.6 is 11.8 Å². The van der Waals surface area contributed by atoms with Crippen LogP contribution in [0.5, 0.6) is 0 Å². The van der Waals surface area contributed by atoms with Gasteiger partial charge >= 0.3 is 0 Å². The van der Waals surface area contributed by atoms with Gasteiger partial charge in [0.1, 0.15) is 0 Å². The van der Waals surface area contributed by atoms with E-state index in [1.54, 1.807) is 11.8 Å². The molecular weight excluding hydrogens is 400 g/mol. The van der Waals surface area contributed by atoms with Crippen molar-refractivity contribution in [2.24, 2.45) is 0 Å². The average molecular weight is 433 g/mol. The van der Waals surface area contributed by atoms with Crippen LogP contribution in [0.15, 0.2) is 52.3 Å². The number of piperidine rings is 1. The van der Waals surface area contributed by atoms with E-state index in [9.17, 15) is 0 Å². The maximum atomic E-state index is 7.35. The van der Waals surface area contributed by atoms with Crippen molar-refractivity contribution in [2.45, 2.75) is 54.4 Å². The highest BCUT2D eigenvalue weighted by Crippen LogP contribution is 2.49. The number of benzene rings is 2. The molecule has 4 nitrogen and oxygen atoms in total. The third kappa shape index (κ3) is 4.62. The molecule has 0 aromatic heterocycles. The van der Waals surface area contributed by atoms with E-state index in [1.807, 2.05) is 12.1 Å². The van der Waals surface area contributed by atoms with Gasteiger partial charge in [-0.25, -0.2) is 4.85 Å². The van der Waals surface area contributed by atoms with Gasteiger partial charge in [0.05, 0.1) is 17.9 Å². The lowest BCUT2D eigenvalue weighted by Crippen LogP contribution is -2.44. The molecule has 3 aliphatic rings. The molecule has 2 aromatic rings. The van der Waals surface area contributed by atoms with E-state index in [2.05, 4.69) is 49.9 Å². The zero-order chi connectivity index (χ0) is 21.0. The Hall–Kier alpha value is -2.00. The number of unbranched alkanes of at least 4 members (excludes halogenated alkanes) is 1. The molecule has 0 N–H and O–H groups in total. The number of rotatable bonds is 6. The molecule has 2 fully saturated rings. The molecule has 0 unspecified atom stereocenters. The van der Waals surface area contributed by atoms with Crippen LogP contribution < -0.4 is 4.90 Å². The molecule has 0 spiro atoms. The molecule has 3 heterocycles. The number of hydrogen-bond acceptors (Lipinski definition) is 4. The van der Waals surface area contributed by atoms with Gasteiger partial charge in [-0.15, -0.1) is 0 Å². The Kier molecular flexibility index (Phi) is 6.50. The highest BCUT2D eigenvalue weighted by Gasteiger charge is 2.26. The molecule has 0 bridgehead atoms. The van der Waals surface area contributed by atoms with Gasteiger partial charge in [-0.2, -0.15) is 0 Å². The molecule has 5 rings (SSSR count). The lowest BCUT2D eigenvalue weighted by atomic mass is 10.0. The molecular formula is C26H32N4S. The minimum atomic E-state index is 0.725. The molecule has 0 radical (unpaired) electrons. The Bertz CT molecular complexity index is 939. The molecule has 31 heavy (non-hydrogen) atoms. The Morgan fingerprint density at radius 1 is 0.871 bits per heavy atom. The summed E-state index contributed by atoms with van der Waals surface area (Å²) in [5, 5.41) is 0. The van der Waals surface area contributed by atoms with Crippen molar-refractivity contribution in [1.29, 1.82) is 0 Å². The zero-order valence-corrected chi connectivity index (χ0v) is 19.1. The minimum absolute atomic E-state index is 0.725. The first-order valence-electron chi connectivity index (χ1n) is 11.8. The summed E-state index contributed by atoms with van der Waals surface area (Å²) in [7, 11) is 0. The summed E-state index contributed by atoms with van der Waals surface area (Å²) >= 11 is 1.79. The third-order valence-electron chi connectivity index (χ3n) is 7.06. The van der Waals surface area contributed by atoms with E-state index in [-0.39, 0.29) is 0 Å². The van der Waals surface area contributed by atoms with E-state index in [4.69, 9.17) is 6.57 Å². The average Bonchev–Trinajstić information content (AvgIpc) is 3.36.